The number of imidazole rings is 1. The van der Waals surface area contributed by atoms with Crippen LogP contribution in [-0.4, -0.2) is 15.1 Å². The normalized spacial score (nSPS) is 10.8. The van der Waals surface area contributed by atoms with Gasteiger partial charge in [0.2, 0.25) is 0 Å². The van der Waals surface area contributed by atoms with Crippen molar-refractivity contribution in [2.24, 2.45) is 0 Å². The van der Waals surface area contributed by atoms with Crippen LogP contribution < -0.4 is 0 Å². The van der Waals surface area contributed by atoms with Crippen molar-refractivity contribution in [2.45, 2.75) is 0 Å². The summed E-state index contributed by atoms with van der Waals surface area (Å²) in [5.74, 6) is 0.995. The first-order valence-corrected chi connectivity index (χ1v) is 4.98. The molecular formula is C13H9N2O. The largest absolute Gasteiger partial charge is 0.508 e. The number of fused-ring (bicyclic) bond motifs is 1. The molecule has 77 valence electrons. The van der Waals surface area contributed by atoms with E-state index < -0.39 is 0 Å². The second kappa shape index (κ2) is 3.38. The van der Waals surface area contributed by atoms with Gasteiger partial charge in [0.05, 0.1) is 11.0 Å². The highest BCUT2D eigenvalue weighted by atomic mass is 16.3. The molecule has 0 amide bonds. The third-order valence-electron chi connectivity index (χ3n) is 2.45. The van der Waals surface area contributed by atoms with Gasteiger partial charge in [-0.3, -0.25) is 0 Å². The number of aromatic nitrogens is 2. The Morgan fingerprint density at radius 1 is 1.25 bits per heavy atom. The lowest BCUT2D eigenvalue weighted by atomic mass is 10.2. The van der Waals surface area contributed by atoms with Crippen molar-refractivity contribution < 1.29 is 5.11 Å². The Balaban J connectivity index is 2.19. The lowest BCUT2D eigenvalue weighted by molar-refractivity contribution is 0.475. The zero-order valence-corrected chi connectivity index (χ0v) is 8.44. The highest BCUT2D eigenvalue weighted by molar-refractivity contribution is 5.79. The number of H-pyrrole nitrogens is 1. The van der Waals surface area contributed by atoms with Crippen LogP contribution in [0, 0.1) is 6.07 Å². The molecule has 0 aliphatic rings. The van der Waals surface area contributed by atoms with Crippen molar-refractivity contribution in [3.8, 4) is 17.1 Å². The Labute approximate surface area is 92.4 Å². The van der Waals surface area contributed by atoms with Crippen LogP contribution in [0.1, 0.15) is 0 Å². The third kappa shape index (κ3) is 1.42. The van der Waals surface area contributed by atoms with E-state index in [1.54, 1.807) is 18.2 Å². The Kier molecular flexibility index (Phi) is 1.90. The molecule has 3 heteroatoms. The third-order valence-corrected chi connectivity index (χ3v) is 2.45. The highest BCUT2D eigenvalue weighted by Gasteiger charge is 2.04. The summed E-state index contributed by atoms with van der Waals surface area (Å²) in [7, 11) is 0. The zero-order chi connectivity index (χ0) is 11.0. The van der Waals surface area contributed by atoms with E-state index in [2.05, 4.69) is 16.0 Å². The average molecular weight is 209 g/mol. The summed E-state index contributed by atoms with van der Waals surface area (Å²) < 4.78 is 0. The van der Waals surface area contributed by atoms with Crippen LogP contribution >= 0.6 is 0 Å². The van der Waals surface area contributed by atoms with Crippen molar-refractivity contribution in [3.63, 3.8) is 0 Å². The maximum atomic E-state index is 9.40. The number of benzene rings is 2. The molecule has 0 aliphatic carbocycles. The van der Waals surface area contributed by atoms with Crippen LogP contribution in [0.5, 0.6) is 5.75 Å². The summed E-state index contributed by atoms with van der Waals surface area (Å²) in [6.45, 7) is 0. The minimum atomic E-state index is 0.240. The molecule has 16 heavy (non-hydrogen) atoms. The Morgan fingerprint density at radius 2 is 2.19 bits per heavy atom. The molecule has 0 aliphatic heterocycles. The number of hydrogen-bond acceptors (Lipinski definition) is 2. The van der Waals surface area contributed by atoms with Crippen LogP contribution in [0.4, 0.5) is 0 Å². The van der Waals surface area contributed by atoms with Gasteiger partial charge in [0.25, 0.3) is 0 Å². The second-order valence-electron chi connectivity index (χ2n) is 3.58. The van der Waals surface area contributed by atoms with Crippen molar-refractivity contribution in [3.05, 3.63) is 48.5 Å². The van der Waals surface area contributed by atoms with Crippen molar-refractivity contribution >= 4 is 11.0 Å². The first-order valence-electron chi connectivity index (χ1n) is 4.98. The summed E-state index contributed by atoms with van der Waals surface area (Å²) in [6.07, 6.45) is 0. The lowest BCUT2D eigenvalue weighted by Gasteiger charge is -1.96. The van der Waals surface area contributed by atoms with Crippen LogP contribution in [0.2, 0.25) is 0 Å². The van der Waals surface area contributed by atoms with Gasteiger partial charge in [-0.15, -0.1) is 0 Å². The molecule has 0 saturated heterocycles. The van der Waals surface area contributed by atoms with Crippen LogP contribution in [0.25, 0.3) is 22.4 Å². The fourth-order valence-electron chi connectivity index (χ4n) is 1.69. The van der Waals surface area contributed by atoms with Gasteiger partial charge in [0.1, 0.15) is 11.6 Å². The Morgan fingerprint density at radius 3 is 3.00 bits per heavy atom. The smallest absolute Gasteiger partial charge is 0.138 e. The molecule has 0 atom stereocenters. The molecule has 3 aromatic rings. The SMILES string of the molecule is Oc1cccc(-c2nc3c[c]ccc3[nH]2)c1. The van der Waals surface area contributed by atoms with E-state index in [1.165, 1.54) is 0 Å². The molecule has 1 aromatic heterocycles. The van der Waals surface area contributed by atoms with E-state index >= 15 is 0 Å². The number of aromatic hydroxyl groups is 1. The molecule has 0 saturated carbocycles. The molecule has 0 bridgehead atoms. The molecular weight excluding hydrogens is 200 g/mol. The van der Waals surface area contributed by atoms with E-state index in [-0.39, 0.29) is 5.75 Å². The number of aromatic amines is 1. The van der Waals surface area contributed by atoms with Crippen molar-refractivity contribution in [2.75, 3.05) is 0 Å². The molecule has 1 heterocycles. The van der Waals surface area contributed by atoms with Gasteiger partial charge in [-0.05, 0) is 30.3 Å². The molecule has 0 unspecified atom stereocenters. The van der Waals surface area contributed by atoms with E-state index in [0.717, 1.165) is 22.4 Å². The summed E-state index contributed by atoms with van der Waals surface area (Å²) >= 11 is 0. The number of rotatable bonds is 1. The molecule has 0 fully saturated rings. The summed E-state index contributed by atoms with van der Waals surface area (Å²) in [6, 6.07) is 15.6. The summed E-state index contributed by atoms with van der Waals surface area (Å²) in [5, 5.41) is 9.40. The van der Waals surface area contributed by atoms with Crippen LogP contribution in [0.15, 0.2) is 42.5 Å². The lowest BCUT2D eigenvalue weighted by Crippen LogP contribution is -1.78. The second-order valence-corrected chi connectivity index (χ2v) is 3.58. The maximum absolute atomic E-state index is 9.40. The highest BCUT2D eigenvalue weighted by Crippen LogP contribution is 2.22. The Hall–Kier alpha value is -2.29. The van der Waals surface area contributed by atoms with Crippen LogP contribution in [0.3, 0.4) is 0 Å². The minimum absolute atomic E-state index is 0.240. The van der Waals surface area contributed by atoms with Gasteiger partial charge in [-0.1, -0.05) is 18.2 Å². The quantitative estimate of drug-likeness (QED) is 0.647. The first-order chi connectivity index (χ1) is 7.83. The van der Waals surface area contributed by atoms with Crippen molar-refractivity contribution in [1.29, 1.82) is 0 Å². The van der Waals surface area contributed by atoms with Crippen molar-refractivity contribution in [1.82, 2.24) is 9.97 Å². The summed E-state index contributed by atoms with van der Waals surface area (Å²) in [4.78, 5) is 7.62. The van der Waals surface area contributed by atoms with E-state index in [4.69, 9.17) is 0 Å². The fraction of sp³-hybridized carbons (Fsp3) is 0. The molecule has 0 spiro atoms. The van der Waals surface area contributed by atoms with E-state index in [1.807, 2.05) is 24.3 Å². The number of nitrogens with one attached hydrogen (secondary N) is 1. The standard InChI is InChI=1S/C13H9N2O/c16-10-5-3-4-9(8-10)13-14-11-6-1-2-7-12(11)15-13/h1,3-8,16H,(H,14,15). The Bertz CT molecular complexity index is 610. The van der Waals surface area contributed by atoms with Gasteiger partial charge in [-0.25, -0.2) is 4.98 Å². The van der Waals surface area contributed by atoms with E-state index in [9.17, 15) is 5.11 Å². The predicted octanol–water partition coefficient (Wildman–Crippen LogP) is 2.74. The zero-order valence-electron chi connectivity index (χ0n) is 8.44. The predicted molar refractivity (Wildman–Crippen MR) is 62.0 cm³/mol. The number of phenols is 1. The van der Waals surface area contributed by atoms with E-state index in [0.29, 0.717) is 0 Å². The minimum Gasteiger partial charge on any atom is -0.508 e. The number of nitrogens with zero attached hydrogens (tertiary/aromatic N) is 1. The van der Waals surface area contributed by atoms with Gasteiger partial charge in [0, 0.05) is 5.56 Å². The molecule has 2 aromatic carbocycles. The van der Waals surface area contributed by atoms with Crippen LogP contribution in [-0.2, 0) is 0 Å². The molecule has 3 rings (SSSR count). The summed E-state index contributed by atoms with van der Waals surface area (Å²) in [5.41, 5.74) is 2.72. The van der Waals surface area contributed by atoms with Gasteiger partial charge >= 0.3 is 0 Å². The molecule has 2 N–H and O–H groups in total. The maximum Gasteiger partial charge on any atom is 0.138 e. The monoisotopic (exact) mass is 209 g/mol. The number of phenolic OH excluding ortho intramolecular Hbond substituents is 1. The molecule has 3 nitrogen and oxygen atoms in total. The topological polar surface area (TPSA) is 48.9 Å². The van der Waals surface area contributed by atoms with Gasteiger partial charge < -0.3 is 10.1 Å². The van der Waals surface area contributed by atoms with Gasteiger partial charge in [0.15, 0.2) is 0 Å². The van der Waals surface area contributed by atoms with Gasteiger partial charge in [-0.2, -0.15) is 0 Å². The first kappa shape index (κ1) is 8.97. The number of hydrogen-bond donors (Lipinski definition) is 2. The average Bonchev–Trinajstić information content (AvgIpc) is 2.72. The fourth-order valence-corrected chi connectivity index (χ4v) is 1.69. The molecule has 1 radical (unpaired) electrons.